The number of nitrogens with one attached hydrogen (secondary N) is 1. The van der Waals surface area contributed by atoms with E-state index >= 15 is 4.39 Å². The summed E-state index contributed by atoms with van der Waals surface area (Å²) in [6.07, 6.45) is 1.45. The molecule has 4 heterocycles. The zero-order chi connectivity index (χ0) is 31.1. The number of anilines is 1. The van der Waals surface area contributed by atoms with Crippen molar-refractivity contribution < 1.29 is 31.7 Å². The number of fused-ring (bicyclic) bond motifs is 7. The van der Waals surface area contributed by atoms with Crippen molar-refractivity contribution in [1.82, 2.24) is 14.5 Å². The Balaban J connectivity index is 1.52. The Labute approximate surface area is 261 Å². The molecule has 1 aromatic heterocycles. The Hall–Kier alpha value is -3.55. The number of hydrogen-bond acceptors (Lipinski definition) is 7. The molecule has 7 rings (SSSR count). The average Bonchev–Trinajstić information content (AvgIpc) is 3.57. The first-order chi connectivity index (χ1) is 20.9. The van der Waals surface area contributed by atoms with Gasteiger partial charge in [-0.15, -0.1) is 0 Å². The summed E-state index contributed by atoms with van der Waals surface area (Å²) in [6, 6.07) is 14.0. The molecule has 0 saturated carbocycles. The molecule has 14 heteroatoms. The summed E-state index contributed by atoms with van der Waals surface area (Å²) in [5, 5.41) is 12.8. The van der Waals surface area contributed by atoms with Gasteiger partial charge in [-0.3, -0.25) is 13.9 Å². The van der Waals surface area contributed by atoms with Gasteiger partial charge in [-0.1, -0.05) is 41.4 Å². The van der Waals surface area contributed by atoms with Gasteiger partial charge >= 0.3 is 5.97 Å². The van der Waals surface area contributed by atoms with Gasteiger partial charge in [-0.25, -0.2) is 14.2 Å². The number of hydrogen-bond donors (Lipinski definition) is 2. The van der Waals surface area contributed by atoms with E-state index in [1.54, 1.807) is 36.4 Å². The maximum atomic E-state index is 16.2. The number of carbonyl (C=O) groups excluding carboxylic acids is 1. The fourth-order valence-electron chi connectivity index (χ4n) is 7.50. The first kappa shape index (κ1) is 29.2. The van der Waals surface area contributed by atoms with Gasteiger partial charge in [0.25, 0.3) is 10.1 Å². The zero-order valence-electron chi connectivity index (χ0n) is 23.1. The van der Waals surface area contributed by atoms with E-state index < -0.39 is 51.2 Å². The fourth-order valence-corrected chi connectivity index (χ4v) is 8.23. The molecule has 4 atom stereocenters. The standard InChI is InChI=1S/C30H25Cl2FN4O6S/c1-44(41,42)43-12-11-37-23-9-10-36-22-8-5-15(28(38)39)13-21(22)34-27(36)24(23)25(17-3-2-4-19(32)26(17)33)30(37)18-7-6-16(31)14-20(18)35-29(30)40/h2-8,13-14,23-25H,9-12H2,1H3,(H,35,40)(H,38,39)/t23-,24+,25-,30+/m0/s1. The minimum absolute atomic E-state index is 0.0196. The number of rotatable bonds is 6. The van der Waals surface area contributed by atoms with Crippen LogP contribution in [0.4, 0.5) is 10.1 Å². The molecule has 228 valence electrons. The topological polar surface area (TPSA) is 131 Å². The van der Waals surface area contributed by atoms with Crippen LogP contribution in [0.25, 0.3) is 11.0 Å². The van der Waals surface area contributed by atoms with Crippen LogP contribution in [0.1, 0.15) is 45.6 Å². The third kappa shape index (κ3) is 4.26. The molecule has 1 amide bonds. The van der Waals surface area contributed by atoms with E-state index in [1.165, 1.54) is 18.2 Å². The molecule has 0 aliphatic carbocycles. The van der Waals surface area contributed by atoms with E-state index in [-0.39, 0.29) is 29.3 Å². The third-order valence-electron chi connectivity index (χ3n) is 8.98. The second-order valence-corrected chi connectivity index (χ2v) is 13.8. The number of aryl methyl sites for hydroxylation is 1. The molecule has 0 bridgehead atoms. The van der Waals surface area contributed by atoms with Crippen LogP contribution in [-0.2, 0) is 31.2 Å². The van der Waals surface area contributed by atoms with Crippen molar-refractivity contribution in [2.24, 2.45) is 0 Å². The largest absolute Gasteiger partial charge is 0.478 e. The van der Waals surface area contributed by atoms with Gasteiger partial charge < -0.3 is 15.0 Å². The average molecular weight is 660 g/mol. The van der Waals surface area contributed by atoms with Crippen LogP contribution in [0, 0.1) is 5.82 Å². The van der Waals surface area contributed by atoms with Crippen molar-refractivity contribution in [3.05, 3.63) is 93.0 Å². The second-order valence-electron chi connectivity index (χ2n) is 11.3. The Bertz CT molecular complexity index is 2000. The summed E-state index contributed by atoms with van der Waals surface area (Å²) in [5.74, 6) is -3.12. The summed E-state index contributed by atoms with van der Waals surface area (Å²) >= 11 is 12.7. The van der Waals surface area contributed by atoms with Gasteiger partial charge in [0.1, 0.15) is 17.2 Å². The first-order valence-electron chi connectivity index (χ1n) is 13.8. The van der Waals surface area contributed by atoms with Gasteiger partial charge in [0.2, 0.25) is 5.91 Å². The van der Waals surface area contributed by atoms with E-state index in [4.69, 9.17) is 32.4 Å². The molecule has 0 unspecified atom stereocenters. The lowest BCUT2D eigenvalue weighted by molar-refractivity contribution is -0.128. The van der Waals surface area contributed by atoms with Crippen LogP contribution in [0.2, 0.25) is 10.0 Å². The highest BCUT2D eigenvalue weighted by Crippen LogP contribution is 2.64. The maximum absolute atomic E-state index is 16.2. The number of aromatic carboxylic acids is 1. The van der Waals surface area contributed by atoms with Crippen LogP contribution in [0.3, 0.4) is 0 Å². The molecule has 44 heavy (non-hydrogen) atoms. The minimum atomic E-state index is -3.80. The predicted octanol–water partition coefficient (Wildman–Crippen LogP) is 4.96. The van der Waals surface area contributed by atoms with Crippen molar-refractivity contribution in [3.63, 3.8) is 0 Å². The number of carboxylic acid groups (broad SMARTS) is 1. The predicted molar refractivity (Wildman–Crippen MR) is 161 cm³/mol. The van der Waals surface area contributed by atoms with Gasteiger partial charge in [0, 0.05) is 47.2 Å². The van der Waals surface area contributed by atoms with Crippen molar-refractivity contribution in [3.8, 4) is 0 Å². The van der Waals surface area contributed by atoms with Crippen molar-refractivity contribution >= 4 is 61.9 Å². The highest BCUT2D eigenvalue weighted by Gasteiger charge is 2.68. The Morgan fingerprint density at radius 2 is 2.00 bits per heavy atom. The molecule has 4 aromatic rings. The third-order valence-corrected chi connectivity index (χ3v) is 10.1. The molecule has 3 aliphatic rings. The van der Waals surface area contributed by atoms with Crippen LogP contribution in [-0.4, -0.2) is 65.3 Å². The molecule has 2 N–H and O–H groups in total. The van der Waals surface area contributed by atoms with E-state index in [9.17, 15) is 23.1 Å². The second kappa shape index (κ2) is 10.2. The monoisotopic (exact) mass is 658 g/mol. The van der Waals surface area contributed by atoms with E-state index in [0.717, 1.165) is 6.26 Å². The van der Waals surface area contributed by atoms with E-state index in [2.05, 4.69) is 5.32 Å². The van der Waals surface area contributed by atoms with Crippen LogP contribution in [0.5, 0.6) is 0 Å². The molecule has 1 fully saturated rings. The number of carbonyl (C=O) groups is 2. The number of carboxylic acids is 1. The summed E-state index contributed by atoms with van der Waals surface area (Å²) in [6.45, 7) is 0.244. The molecular formula is C30H25Cl2FN4O6S. The Kier molecular flexibility index (Phi) is 6.79. The zero-order valence-corrected chi connectivity index (χ0v) is 25.5. The number of imidazole rings is 1. The minimum Gasteiger partial charge on any atom is -0.478 e. The lowest BCUT2D eigenvalue weighted by atomic mass is 9.70. The number of aromatic nitrogens is 2. The van der Waals surface area contributed by atoms with Crippen LogP contribution >= 0.6 is 23.2 Å². The smallest absolute Gasteiger partial charge is 0.335 e. The molecule has 1 saturated heterocycles. The molecular weight excluding hydrogens is 634 g/mol. The van der Waals surface area contributed by atoms with Gasteiger partial charge in [-0.2, -0.15) is 8.42 Å². The summed E-state index contributed by atoms with van der Waals surface area (Å²) in [5.41, 5.74) is 0.935. The number of halogens is 3. The lowest BCUT2D eigenvalue weighted by Crippen LogP contribution is -2.53. The molecule has 3 aliphatic heterocycles. The summed E-state index contributed by atoms with van der Waals surface area (Å²) in [4.78, 5) is 33.0. The normalized spacial score (nSPS) is 24.4. The summed E-state index contributed by atoms with van der Waals surface area (Å²) in [7, 11) is -3.80. The molecule has 1 spiro atoms. The number of amides is 1. The fraction of sp³-hybridized carbons (Fsp3) is 0.300. The maximum Gasteiger partial charge on any atom is 0.335 e. The molecule has 0 radical (unpaired) electrons. The van der Waals surface area contributed by atoms with Gasteiger partial charge in [0.15, 0.2) is 0 Å². The number of nitrogens with zero attached hydrogens (tertiary/aromatic N) is 3. The summed E-state index contributed by atoms with van der Waals surface area (Å²) < 4.78 is 47.2. The number of likely N-dealkylation sites (tertiary alicyclic amines) is 1. The van der Waals surface area contributed by atoms with Gasteiger partial charge in [0.05, 0.1) is 34.5 Å². The highest BCUT2D eigenvalue weighted by atomic mass is 35.5. The SMILES string of the molecule is CS(=O)(=O)OCCN1[C@H]2CCn3c(nc4cc(C(=O)O)ccc43)[C@H]2[C@H](c2cccc(Cl)c2F)[C@]12C(=O)Nc1cc(Cl)ccc12. The van der Waals surface area contributed by atoms with E-state index in [1.807, 2.05) is 9.47 Å². The lowest BCUT2D eigenvalue weighted by Gasteiger charge is -2.39. The number of benzene rings is 3. The Morgan fingerprint density at radius 3 is 2.75 bits per heavy atom. The quantitative estimate of drug-likeness (QED) is 0.278. The van der Waals surface area contributed by atoms with Crippen molar-refractivity contribution in [2.45, 2.75) is 36.4 Å². The van der Waals surface area contributed by atoms with E-state index in [0.29, 0.717) is 46.1 Å². The van der Waals surface area contributed by atoms with Crippen LogP contribution < -0.4 is 5.32 Å². The first-order valence-corrected chi connectivity index (χ1v) is 16.4. The van der Waals surface area contributed by atoms with Gasteiger partial charge in [-0.05, 0) is 48.4 Å². The van der Waals surface area contributed by atoms with Crippen LogP contribution in [0.15, 0.2) is 54.6 Å². The molecule has 3 aromatic carbocycles. The van der Waals surface area contributed by atoms with Crippen molar-refractivity contribution in [1.29, 1.82) is 0 Å². The van der Waals surface area contributed by atoms with Crippen molar-refractivity contribution in [2.75, 3.05) is 24.7 Å². The molecule has 10 nitrogen and oxygen atoms in total. The Morgan fingerprint density at radius 1 is 1.20 bits per heavy atom. The highest BCUT2D eigenvalue weighted by molar-refractivity contribution is 7.85.